The first-order chi connectivity index (χ1) is 11.7. The predicted molar refractivity (Wildman–Crippen MR) is 95.3 cm³/mol. The van der Waals surface area contributed by atoms with Gasteiger partial charge < -0.3 is 15.0 Å². The molecule has 0 bridgehead atoms. The van der Waals surface area contributed by atoms with Gasteiger partial charge in [-0.2, -0.15) is 0 Å². The van der Waals surface area contributed by atoms with Gasteiger partial charge in [-0.15, -0.1) is 0 Å². The van der Waals surface area contributed by atoms with Crippen LogP contribution in [0.15, 0.2) is 54.7 Å². The number of hydrogen-bond acceptors (Lipinski definition) is 3. The maximum Gasteiger partial charge on any atom is 0.194 e. The molecular formula is C20H20N2O2. The molecule has 4 heteroatoms. The number of aryl methyl sites for hydroxylation is 1. The molecule has 1 aliphatic rings. The Morgan fingerprint density at radius 3 is 2.67 bits per heavy atom. The van der Waals surface area contributed by atoms with E-state index in [-0.39, 0.29) is 12.4 Å². The second kappa shape index (κ2) is 5.49. The molecule has 2 aromatic carbocycles. The van der Waals surface area contributed by atoms with E-state index in [4.69, 9.17) is 0 Å². The monoisotopic (exact) mass is 320 g/mol. The second-order valence-electron chi connectivity index (χ2n) is 6.40. The Morgan fingerprint density at radius 2 is 1.88 bits per heavy atom. The van der Waals surface area contributed by atoms with Gasteiger partial charge in [0.25, 0.3) is 0 Å². The zero-order chi connectivity index (χ0) is 16.7. The molecule has 0 saturated carbocycles. The summed E-state index contributed by atoms with van der Waals surface area (Å²) in [5.74, 6) is 0.0860. The second-order valence-corrected chi connectivity index (χ2v) is 6.40. The predicted octanol–water partition coefficient (Wildman–Crippen LogP) is 3.45. The highest BCUT2D eigenvalue weighted by molar-refractivity contribution is 6.15. The normalized spacial score (nSPS) is 19.5. The molecule has 1 aromatic heterocycles. The number of carbonyl (C=O) groups is 1. The number of ketones is 1. The van der Waals surface area contributed by atoms with Crippen LogP contribution < -0.4 is 5.32 Å². The van der Waals surface area contributed by atoms with Gasteiger partial charge in [0.05, 0.1) is 0 Å². The molecule has 1 unspecified atom stereocenters. The third-order valence-electron chi connectivity index (χ3n) is 4.97. The number of hydrogen-bond donors (Lipinski definition) is 2. The fourth-order valence-electron chi connectivity index (χ4n) is 3.83. The molecule has 1 atom stereocenters. The van der Waals surface area contributed by atoms with Gasteiger partial charge in [0.2, 0.25) is 0 Å². The van der Waals surface area contributed by atoms with E-state index < -0.39 is 5.54 Å². The van der Waals surface area contributed by atoms with E-state index in [0.717, 1.165) is 27.7 Å². The SMILES string of the molecule is Cn1cc(C2(CCCO)Nc3ccccc3C2=O)c2ccccc21. The van der Waals surface area contributed by atoms with Crippen molar-refractivity contribution in [2.75, 3.05) is 11.9 Å². The van der Waals surface area contributed by atoms with Crippen LogP contribution in [0.4, 0.5) is 5.69 Å². The molecule has 0 fully saturated rings. The minimum absolute atomic E-state index is 0.0673. The van der Waals surface area contributed by atoms with Crippen molar-refractivity contribution in [2.45, 2.75) is 18.4 Å². The molecule has 0 saturated heterocycles. The molecule has 3 aromatic rings. The minimum atomic E-state index is -0.812. The molecule has 2 N–H and O–H groups in total. The smallest absolute Gasteiger partial charge is 0.194 e. The summed E-state index contributed by atoms with van der Waals surface area (Å²) in [4.78, 5) is 13.3. The van der Waals surface area contributed by atoms with Gasteiger partial charge >= 0.3 is 0 Å². The number of Topliss-reactive ketones (excluding diaryl/α,β-unsaturated/α-hetero) is 1. The van der Waals surface area contributed by atoms with Gasteiger partial charge in [-0.25, -0.2) is 0 Å². The van der Waals surface area contributed by atoms with Gasteiger partial charge in [0, 0.05) is 47.6 Å². The zero-order valence-electron chi connectivity index (χ0n) is 13.6. The lowest BCUT2D eigenvalue weighted by Crippen LogP contribution is -2.38. The highest BCUT2D eigenvalue weighted by Gasteiger charge is 2.47. The van der Waals surface area contributed by atoms with E-state index in [0.29, 0.717) is 12.8 Å². The number of aliphatic hydroxyl groups excluding tert-OH is 1. The highest BCUT2D eigenvalue weighted by atomic mass is 16.3. The maximum absolute atomic E-state index is 13.3. The number of nitrogens with one attached hydrogen (secondary N) is 1. The van der Waals surface area contributed by atoms with Crippen LogP contribution in [0.2, 0.25) is 0 Å². The van der Waals surface area contributed by atoms with Crippen LogP contribution in [0.5, 0.6) is 0 Å². The van der Waals surface area contributed by atoms with Crippen LogP contribution >= 0.6 is 0 Å². The number of fused-ring (bicyclic) bond motifs is 2. The number of carbonyl (C=O) groups excluding carboxylic acids is 1. The minimum Gasteiger partial charge on any atom is -0.396 e. The summed E-state index contributed by atoms with van der Waals surface area (Å²) >= 11 is 0. The first kappa shape index (κ1) is 15.0. The Balaban J connectivity index is 1.94. The van der Waals surface area contributed by atoms with Gasteiger partial charge in [-0.05, 0) is 31.0 Å². The number of benzene rings is 2. The summed E-state index contributed by atoms with van der Waals surface area (Å²) < 4.78 is 2.06. The average Bonchev–Trinajstić information content (AvgIpc) is 3.10. The number of aromatic nitrogens is 1. The molecule has 4 nitrogen and oxygen atoms in total. The van der Waals surface area contributed by atoms with E-state index in [2.05, 4.69) is 22.0 Å². The van der Waals surface area contributed by atoms with Crippen LogP contribution in [0.1, 0.15) is 28.8 Å². The summed E-state index contributed by atoms with van der Waals surface area (Å²) in [6.45, 7) is 0.0673. The largest absolute Gasteiger partial charge is 0.396 e. The Bertz CT molecular complexity index is 928. The lowest BCUT2D eigenvalue weighted by atomic mass is 9.82. The molecule has 0 aliphatic carbocycles. The summed E-state index contributed by atoms with van der Waals surface area (Å²) in [7, 11) is 2.00. The maximum atomic E-state index is 13.3. The number of para-hydroxylation sites is 2. The van der Waals surface area contributed by atoms with Gasteiger partial charge in [-0.3, -0.25) is 4.79 Å². The summed E-state index contributed by atoms with van der Waals surface area (Å²) in [6, 6.07) is 15.8. The Morgan fingerprint density at radius 1 is 1.12 bits per heavy atom. The van der Waals surface area contributed by atoms with Gasteiger partial charge in [0.15, 0.2) is 5.78 Å². The van der Waals surface area contributed by atoms with E-state index in [1.165, 1.54) is 0 Å². The molecule has 4 rings (SSSR count). The van der Waals surface area contributed by atoms with Crippen molar-refractivity contribution in [2.24, 2.45) is 7.05 Å². The lowest BCUT2D eigenvalue weighted by molar-refractivity contribution is 0.0905. The summed E-state index contributed by atoms with van der Waals surface area (Å²) in [6.07, 6.45) is 3.17. The third-order valence-corrected chi connectivity index (χ3v) is 4.97. The molecule has 122 valence electrons. The van der Waals surface area contributed by atoms with Crippen molar-refractivity contribution in [3.63, 3.8) is 0 Å². The lowest BCUT2D eigenvalue weighted by Gasteiger charge is -2.28. The van der Waals surface area contributed by atoms with Crippen LogP contribution in [-0.4, -0.2) is 22.1 Å². The summed E-state index contributed by atoms with van der Waals surface area (Å²) in [5.41, 5.74) is 2.86. The first-order valence-electron chi connectivity index (χ1n) is 8.25. The Kier molecular flexibility index (Phi) is 3.43. The van der Waals surface area contributed by atoms with E-state index >= 15 is 0 Å². The van der Waals surface area contributed by atoms with E-state index in [1.807, 2.05) is 49.6 Å². The topological polar surface area (TPSA) is 54.3 Å². The molecule has 24 heavy (non-hydrogen) atoms. The van der Waals surface area contributed by atoms with Crippen molar-refractivity contribution in [1.82, 2.24) is 4.57 Å². The van der Waals surface area contributed by atoms with E-state index in [9.17, 15) is 9.90 Å². The van der Waals surface area contributed by atoms with Crippen molar-refractivity contribution in [3.05, 3.63) is 65.9 Å². The van der Waals surface area contributed by atoms with Gasteiger partial charge in [-0.1, -0.05) is 30.3 Å². The quantitative estimate of drug-likeness (QED) is 0.774. The van der Waals surface area contributed by atoms with Crippen LogP contribution in [-0.2, 0) is 12.6 Å². The molecular weight excluding hydrogens is 300 g/mol. The fraction of sp³-hybridized carbons (Fsp3) is 0.250. The number of anilines is 1. The Hall–Kier alpha value is -2.59. The van der Waals surface area contributed by atoms with Crippen molar-refractivity contribution < 1.29 is 9.90 Å². The zero-order valence-corrected chi connectivity index (χ0v) is 13.6. The molecule has 2 heterocycles. The average molecular weight is 320 g/mol. The Labute approximate surface area is 140 Å². The van der Waals surface area contributed by atoms with Crippen LogP contribution in [0.3, 0.4) is 0 Å². The molecule has 0 spiro atoms. The first-order valence-corrected chi connectivity index (χ1v) is 8.25. The van der Waals surface area contributed by atoms with Crippen LogP contribution in [0, 0.1) is 0 Å². The van der Waals surface area contributed by atoms with Crippen molar-refractivity contribution in [3.8, 4) is 0 Å². The van der Waals surface area contributed by atoms with E-state index in [1.54, 1.807) is 0 Å². The molecule has 1 aliphatic heterocycles. The third kappa shape index (κ3) is 2.00. The van der Waals surface area contributed by atoms with Crippen molar-refractivity contribution >= 4 is 22.4 Å². The molecule has 0 radical (unpaired) electrons. The van der Waals surface area contributed by atoms with Crippen LogP contribution in [0.25, 0.3) is 10.9 Å². The number of aliphatic hydroxyl groups is 1. The molecule has 0 amide bonds. The van der Waals surface area contributed by atoms with Crippen molar-refractivity contribution in [1.29, 1.82) is 0 Å². The van der Waals surface area contributed by atoms with Gasteiger partial charge in [0.1, 0.15) is 5.54 Å². The standard InChI is InChI=1S/C20H20N2O2/c1-22-13-16(14-7-3-5-10-18(14)22)20(11-6-12-23)19(24)15-8-2-4-9-17(15)21-20/h2-5,7-10,13,21,23H,6,11-12H2,1H3. The fourth-order valence-corrected chi connectivity index (χ4v) is 3.83. The highest BCUT2D eigenvalue weighted by Crippen LogP contribution is 2.44. The number of rotatable bonds is 4. The number of nitrogens with zero attached hydrogens (tertiary/aromatic N) is 1. The summed E-state index contributed by atoms with van der Waals surface area (Å²) in [5, 5.41) is 13.9.